The van der Waals surface area contributed by atoms with Gasteiger partial charge in [0.05, 0.1) is 0 Å². The maximum Gasteiger partial charge on any atom is 0.410 e. The molecule has 1 amide bonds. The predicted octanol–water partition coefficient (Wildman–Crippen LogP) is 4.26. The van der Waals surface area contributed by atoms with Crippen LogP contribution in [0.25, 0.3) is 0 Å². The van der Waals surface area contributed by atoms with Gasteiger partial charge in [0.2, 0.25) is 0 Å². The summed E-state index contributed by atoms with van der Waals surface area (Å²) in [6, 6.07) is 10.9. The average molecular weight is 289 g/mol. The van der Waals surface area contributed by atoms with Crippen LogP contribution >= 0.6 is 0 Å². The van der Waals surface area contributed by atoms with Gasteiger partial charge in [-0.2, -0.15) is 0 Å². The molecule has 3 heteroatoms. The first-order valence-corrected chi connectivity index (χ1v) is 7.88. The number of ether oxygens (including phenoxy) is 1. The zero-order valence-electron chi connectivity index (χ0n) is 13.6. The third-order valence-electron chi connectivity index (χ3n) is 3.98. The lowest BCUT2D eigenvalue weighted by atomic mass is 9.87. The summed E-state index contributed by atoms with van der Waals surface area (Å²) < 4.78 is 5.49. The van der Waals surface area contributed by atoms with Gasteiger partial charge in [0.1, 0.15) is 5.60 Å². The molecule has 1 heterocycles. The highest BCUT2D eigenvalue weighted by atomic mass is 16.6. The minimum absolute atomic E-state index is 0.173. The molecule has 2 atom stereocenters. The Hall–Kier alpha value is -1.51. The van der Waals surface area contributed by atoms with Crippen molar-refractivity contribution in [3.63, 3.8) is 0 Å². The fourth-order valence-electron chi connectivity index (χ4n) is 2.99. The van der Waals surface area contributed by atoms with Gasteiger partial charge in [0.25, 0.3) is 0 Å². The number of nitrogens with zero attached hydrogens (tertiary/aromatic N) is 1. The Balaban J connectivity index is 1.89. The van der Waals surface area contributed by atoms with Crippen molar-refractivity contribution in [2.45, 2.75) is 58.6 Å². The Kier molecular flexibility index (Phi) is 4.92. The molecular weight excluding hydrogens is 262 g/mol. The Labute approximate surface area is 128 Å². The zero-order valence-corrected chi connectivity index (χ0v) is 13.6. The van der Waals surface area contributed by atoms with Crippen LogP contribution in [0, 0.1) is 5.92 Å². The van der Waals surface area contributed by atoms with Crippen LogP contribution in [0.5, 0.6) is 0 Å². The molecule has 116 valence electrons. The van der Waals surface area contributed by atoms with Gasteiger partial charge in [-0.3, -0.25) is 0 Å². The highest BCUT2D eigenvalue weighted by Crippen LogP contribution is 2.27. The first-order chi connectivity index (χ1) is 9.85. The third kappa shape index (κ3) is 4.76. The molecule has 0 radical (unpaired) electrons. The van der Waals surface area contributed by atoms with Crippen LogP contribution in [0.1, 0.15) is 46.1 Å². The molecule has 1 aromatic rings. The summed E-state index contributed by atoms with van der Waals surface area (Å²) in [6.45, 7) is 8.67. The van der Waals surface area contributed by atoms with Gasteiger partial charge in [-0.1, -0.05) is 30.3 Å². The number of likely N-dealkylation sites (tertiary alicyclic amines) is 1. The van der Waals surface area contributed by atoms with E-state index in [2.05, 4.69) is 37.3 Å². The molecule has 0 spiro atoms. The van der Waals surface area contributed by atoms with Crippen LogP contribution in [-0.4, -0.2) is 29.2 Å². The van der Waals surface area contributed by atoms with E-state index < -0.39 is 5.60 Å². The molecule has 0 aromatic heterocycles. The highest BCUT2D eigenvalue weighted by molar-refractivity contribution is 5.68. The zero-order chi connectivity index (χ0) is 15.5. The molecule has 0 bridgehead atoms. The maximum atomic E-state index is 12.2. The molecule has 1 aliphatic heterocycles. The SMILES string of the molecule is C[C@H]1C[C@H](Cc2ccccc2)CCN1C(=O)OC(C)(C)C. The van der Waals surface area contributed by atoms with E-state index >= 15 is 0 Å². The lowest BCUT2D eigenvalue weighted by Gasteiger charge is -2.38. The number of hydrogen-bond acceptors (Lipinski definition) is 2. The number of piperidine rings is 1. The van der Waals surface area contributed by atoms with E-state index in [1.54, 1.807) is 0 Å². The van der Waals surface area contributed by atoms with Crippen LogP contribution in [0.4, 0.5) is 4.79 Å². The topological polar surface area (TPSA) is 29.5 Å². The van der Waals surface area contributed by atoms with Gasteiger partial charge in [-0.25, -0.2) is 4.79 Å². The smallest absolute Gasteiger partial charge is 0.410 e. The van der Waals surface area contributed by atoms with Crippen molar-refractivity contribution < 1.29 is 9.53 Å². The normalized spacial score (nSPS) is 23.0. The van der Waals surface area contributed by atoms with Crippen molar-refractivity contribution in [2.75, 3.05) is 6.54 Å². The molecule has 0 aliphatic carbocycles. The van der Waals surface area contributed by atoms with Gasteiger partial charge < -0.3 is 9.64 Å². The molecule has 21 heavy (non-hydrogen) atoms. The Bertz CT molecular complexity index is 464. The summed E-state index contributed by atoms with van der Waals surface area (Å²) in [7, 11) is 0. The van der Waals surface area contributed by atoms with E-state index in [-0.39, 0.29) is 12.1 Å². The molecule has 1 aliphatic rings. The first kappa shape index (κ1) is 15.9. The van der Waals surface area contributed by atoms with Crippen LogP contribution in [0.3, 0.4) is 0 Å². The Morgan fingerprint density at radius 3 is 2.52 bits per heavy atom. The average Bonchev–Trinajstić information content (AvgIpc) is 2.37. The van der Waals surface area contributed by atoms with Crippen LogP contribution in [0.15, 0.2) is 30.3 Å². The number of benzene rings is 1. The van der Waals surface area contributed by atoms with E-state index in [9.17, 15) is 4.79 Å². The van der Waals surface area contributed by atoms with Gasteiger partial charge >= 0.3 is 6.09 Å². The minimum Gasteiger partial charge on any atom is -0.444 e. The summed E-state index contributed by atoms with van der Waals surface area (Å²) in [5, 5.41) is 0. The van der Waals surface area contributed by atoms with E-state index in [0.717, 1.165) is 25.8 Å². The second kappa shape index (κ2) is 6.50. The molecule has 3 nitrogen and oxygen atoms in total. The quantitative estimate of drug-likeness (QED) is 0.814. The van der Waals surface area contributed by atoms with Crippen molar-refractivity contribution in [1.29, 1.82) is 0 Å². The fourth-order valence-corrected chi connectivity index (χ4v) is 2.99. The van der Waals surface area contributed by atoms with Gasteiger partial charge in [-0.15, -0.1) is 0 Å². The number of hydrogen-bond donors (Lipinski definition) is 0. The van der Waals surface area contributed by atoms with Crippen LogP contribution in [-0.2, 0) is 11.2 Å². The highest BCUT2D eigenvalue weighted by Gasteiger charge is 2.31. The summed E-state index contributed by atoms with van der Waals surface area (Å²) >= 11 is 0. The lowest BCUT2D eigenvalue weighted by Crippen LogP contribution is -2.47. The standard InChI is InChI=1S/C18H27NO2/c1-14-12-16(13-15-8-6-5-7-9-15)10-11-19(14)17(20)21-18(2,3)4/h5-9,14,16H,10-13H2,1-4H3/t14-,16+/m0/s1. The van der Waals surface area contributed by atoms with E-state index in [4.69, 9.17) is 4.74 Å². The summed E-state index contributed by atoms with van der Waals surface area (Å²) in [4.78, 5) is 14.1. The second-order valence-electron chi connectivity index (χ2n) is 7.10. The van der Waals surface area contributed by atoms with Crippen molar-refractivity contribution >= 4 is 6.09 Å². The molecule has 0 saturated carbocycles. The first-order valence-electron chi connectivity index (χ1n) is 7.88. The Morgan fingerprint density at radius 1 is 1.29 bits per heavy atom. The number of carbonyl (C=O) groups excluding carboxylic acids is 1. The van der Waals surface area contributed by atoms with Crippen LogP contribution in [0.2, 0.25) is 0 Å². The number of amides is 1. The molecule has 2 rings (SSSR count). The van der Waals surface area contributed by atoms with Crippen molar-refractivity contribution in [2.24, 2.45) is 5.92 Å². The van der Waals surface area contributed by atoms with E-state index in [1.165, 1.54) is 5.56 Å². The monoisotopic (exact) mass is 289 g/mol. The fraction of sp³-hybridized carbons (Fsp3) is 0.611. The number of carbonyl (C=O) groups is 1. The van der Waals surface area contributed by atoms with Crippen molar-refractivity contribution in [3.8, 4) is 0 Å². The summed E-state index contributed by atoms with van der Waals surface area (Å²) in [5.41, 5.74) is 0.970. The summed E-state index contributed by atoms with van der Waals surface area (Å²) in [5.74, 6) is 0.654. The molecule has 0 N–H and O–H groups in total. The van der Waals surface area contributed by atoms with Gasteiger partial charge in [0, 0.05) is 12.6 Å². The van der Waals surface area contributed by atoms with Crippen molar-refractivity contribution in [1.82, 2.24) is 4.90 Å². The minimum atomic E-state index is -0.419. The lowest BCUT2D eigenvalue weighted by molar-refractivity contribution is 0.00719. The number of rotatable bonds is 2. The largest absolute Gasteiger partial charge is 0.444 e. The molecular formula is C18H27NO2. The van der Waals surface area contributed by atoms with Crippen LogP contribution < -0.4 is 0 Å². The van der Waals surface area contributed by atoms with E-state index in [1.807, 2.05) is 25.7 Å². The third-order valence-corrected chi connectivity index (χ3v) is 3.98. The van der Waals surface area contributed by atoms with Gasteiger partial charge in [0.15, 0.2) is 0 Å². The molecule has 1 fully saturated rings. The predicted molar refractivity (Wildman–Crippen MR) is 85.3 cm³/mol. The molecule has 1 aromatic carbocycles. The molecule has 0 unspecified atom stereocenters. The second-order valence-corrected chi connectivity index (χ2v) is 7.10. The van der Waals surface area contributed by atoms with E-state index in [0.29, 0.717) is 5.92 Å². The Morgan fingerprint density at radius 2 is 1.95 bits per heavy atom. The maximum absolute atomic E-state index is 12.2. The van der Waals surface area contributed by atoms with Gasteiger partial charge in [-0.05, 0) is 58.4 Å². The summed E-state index contributed by atoms with van der Waals surface area (Å²) in [6.07, 6.45) is 3.04. The van der Waals surface area contributed by atoms with Crippen molar-refractivity contribution in [3.05, 3.63) is 35.9 Å². The molecule has 1 saturated heterocycles.